The smallest absolute Gasteiger partial charge is 0.267 e. The number of carbonyl (C=O) groups excluding carboxylic acids is 1. The molecule has 4 aliphatic heterocycles. The number of nitrogens with one attached hydrogen (secondary N) is 2. The molecule has 0 unspecified atom stereocenters. The zero-order valence-corrected chi connectivity index (χ0v) is 28.6. The first kappa shape index (κ1) is 34.2. The molecule has 7 nitrogen and oxygen atoms in total. The molecule has 0 bridgehead atoms. The van der Waals surface area contributed by atoms with Crippen molar-refractivity contribution in [2.45, 2.75) is 67.9 Å². The minimum Gasteiger partial charge on any atom is -0.381 e. The Morgan fingerprint density at radius 3 is 2.53 bits per heavy atom. The van der Waals surface area contributed by atoms with Crippen molar-refractivity contribution < 1.29 is 31.5 Å². The van der Waals surface area contributed by atoms with Crippen molar-refractivity contribution in [1.82, 2.24) is 10.2 Å². The van der Waals surface area contributed by atoms with Gasteiger partial charge in [-0.05, 0) is 96.2 Å². The normalized spacial score (nSPS) is 24.1. The van der Waals surface area contributed by atoms with Crippen LogP contribution in [0.5, 0.6) is 0 Å². The first-order valence-corrected chi connectivity index (χ1v) is 18.1. The van der Waals surface area contributed by atoms with Gasteiger partial charge in [0.25, 0.3) is 5.92 Å². The Morgan fingerprint density at radius 2 is 1.75 bits per heavy atom. The van der Waals surface area contributed by atoms with Crippen molar-refractivity contribution in [1.29, 1.82) is 0 Å². The minimum atomic E-state index is -2.70. The quantitative estimate of drug-likeness (QED) is 0.271. The highest BCUT2D eigenvalue weighted by Gasteiger charge is 2.48. The molecule has 3 aromatic rings. The predicted molar refractivity (Wildman–Crippen MR) is 186 cm³/mol. The average molecular weight is 710 g/mol. The van der Waals surface area contributed by atoms with Gasteiger partial charge in [-0.2, -0.15) is 0 Å². The van der Waals surface area contributed by atoms with E-state index in [0.717, 1.165) is 79.7 Å². The summed E-state index contributed by atoms with van der Waals surface area (Å²) in [6, 6.07) is 14.3. The summed E-state index contributed by atoms with van der Waals surface area (Å²) in [6.07, 6.45) is 2.72. The summed E-state index contributed by atoms with van der Waals surface area (Å²) in [6.45, 7) is 4.88. The highest BCUT2D eigenvalue weighted by atomic mass is 19.3. The third-order valence-corrected chi connectivity index (χ3v) is 11.8. The lowest BCUT2D eigenvalue weighted by Gasteiger charge is -2.42. The number of rotatable bonds is 8. The predicted octanol–water partition coefficient (Wildman–Crippen LogP) is 6.22. The summed E-state index contributed by atoms with van der Waals surface area (Å²) >= 11 is 0. The number of fused-ring (bicyclic) bond motifs is 5. The molecule has 1 spiro atoms. The van der Waals surface area contributed by atoms with Crippen LogP contribution in [0.3, 0.4) is 0 Å². The van der Waals surface area contributed by atoms with Crippen LogP contribution in [0.15, 0.2) is 54.6 Å². The average Bonchev–Trinajstić information content (AvgIpc) is 3.58. The van der Waals surface area contributed by atoms with E-state index in [4.69, 9.17) is 4.74 Å². The van der Waals surface area contributed by atoms with Gasteiger partial charge in [0.15, 0.2) is 11.6 Å². The molecule has 1 aliphatic carbocycles. The second-order valence-electron chi connectivity index (χ2n) is 15.2. The van der Waals surface area contributed by atoms with Crippen LogP contribution in [-0.4, -0.2) is 87.8 Å². The highest BCUT2D eigenvalue weighted by Crippen LogP contribution is 2.53. The molecule has 0 radical (unpaired) electrons. The van der Waals surface area contributed by atoms with Gasteiger partial charge >= 0.3 is 0 Å². The van der Waals surface area contributed by atoms with Crippen molar-refractivity contribution in [2.75, 3.05) is 74.1 Å². The fourth-order valence-corrected chi connectivity index (χ4v) is 9.30. The van der Waals surface area contributed by atoms with Crippen LogP contribution in [0.25, 0.3) is 0 Å². The number of piperidine rings is 1. The number of hydrogen-bond donors (Lipinski definition) is 2. The van der Waals surface area contributed by atoms with Gasteiger partial charge in [0.1, 0.15) is 5.82 Å². The molecule has 0 saturated carbocycles. The van der Waals surface area contributed by atoms with E-state index in [-0.39, 0.29) is 54.5 Å². The fraction of sp³-hybridized carbons (Fsp3) is 0.513. The van der Waals surface area contributed by atoms with Crippen LogP contribution < -0.4 is 20.4 Å². The van der Waals surface area contributed by atoms with E-state index in [1.165, 1.54) is 12.1 Å². The number of halogens is 5. The molecular formula is C39H44F5N5O2. The van der Waals surface area contributed by atoms with Gasteiger partial charge in [-0.3, -0.25) is 9.69 Å². The Bertz CT molecular complexity index is 1780. The number of morpholine rings is 1. The second kappa shape index (κ2) is 13.6. The molecule has 272 valence electrons. The molecule has 2 N–H and O–H groups in total. The van der Waals surface area contributed by atoms with Gasteiger partial charge in [-0.15, -0.1) is 0 Å². The van der Waals surface area contributed by atoms with E-state index < -0.39 is 17.6 Å². The van der Waals surface area contributed by atoms with Crippen LogP contribution in [0.2, 0.25) is 0 Å². The summed E-state index contributed by atoms with van der Waals surface area (Å²) in [7, 11) is 0. The largest absolute Gasteiger partial charge is 0.381 e. The van der Waals surface area contributed by atoms with E-state index in [0.29, 0.717) is 38.3 Å². The maximum atomic E-state index is 14.8. The van der Waals surface area contributed by atoms with Crippen LogP contribution in [0, 0.1) is 17.5 Å². The van der Waals surface area contributed by atoms with Gasteiger partial charge in [0, 0.05) is 63.8 Å². The maximum Gasteiger partial charge on any atom is 0.267 e. The van der Waals surface area contributed by atoms with E-state index in [1.54, 1.807) is 12.1 Å². The van der Waals surface area contributed by atoms with Crippen LogP contribution in [0.1, 0.15) is 54.7 Å². The summed E-state index contributed by atoms with van der Waals surface area (Å²) < 4.78 is 76.7. The van der Waals surface area contributed by atoms with Gasteiger partial charge in [0.05, 0.1) is 37.2 Å². The van der Waals surface area contributed by atoms with Crippen molar-refractivity contribution in [3.05, 3.63) is 88.7 Å². The zero-order chi connectivity index (χ0) is 35.3. The molecule has 1 amide bonds. The maximum absolute atomic E-state index is 14.8. The Balaban J connectivity index is 0.961. The number of carbonyl (C=O) groups is 1. The zero-order valence-electron chi connectivity index (χ0n) is 28.6. The molecule has 0 aromatic heterocycles. The summed E-state index contributed by atoms with van der Waals surface area (Å²) in [5.41, 5.74) is 4.98. The lowest BCUT2D eigenvalue weighted by atomic mass is 9.73. The third kappa shape index (κ3) is 7.01. The van der Waals surface area contributed by atoms with Gasteiger partial charge in [-0.25, -0.2) is 22.0 Å². The monoisotopic (exact) mass is 709 g/mol. The minimum absolute atomic E-state index is 0.0944. The molecule has 12 heteroatoms. The molecule has 5 aliphatic rings. The van der Waals surface area contributed by atoms with Gasteiger partial charge in [-0.1, -0.05) is 12.1 Å². The molecule has 3 saturated heterocycles. The van der Waals surface area contributed by atoms with Crippen molar-refractivity contribution in [3.63, 3.8) is 0 Å². The Kier molecular flexibility index (Phi) is 9.11. The number of anilines is 3. The number of hydrogen-bond acceptors (Lipinski definition) is 6. The van der Waals surface area contributed by atoms with Crippen LogP contribution in [0.4, 0.5) is 39.0 Å². The molecule has 8 rings (SSSR count). The summed E-state index contributed by atoms with van der Waals surface area (Å²) in [5.74, 6) is -5.04. The molecule has 3 aromatic carbocycles. The molecule has 3 fully saturated rings. The van der Waals surface area contributed by atoms with E-state index in [9.17, 15) is 26.7 Å². The van der Waals surface area contributed by atoms with E-state index in [1.807, 2.05) is 29.2 Å². The highest BCUT2D eigenvalue weighted by molar-refractivity contribution is 5.79. The summed E-state index contributed by atoms with van der Waals surface area (Å²) in [5, 5.41) is 6.53. The van der Waals surface area contributed by atoms with Crippen molar-refractivity contribution in [3.8, 4) is 0 Å². The lowest BCUT2D eigenvalue weighted by molar-refractivity contribution is -0.122. The Morgan fingerprint density at radius 1 is 0.941 bits per heavy atom. The summed E-state index contributed by atoms with van der Waals surface area (Å²) in [4.78, 5) is 20.1. The molecule has 51 heavy (non-hydrogen) atoms. The van der Waals surface area contributed by atoms with E-state index >= 15 is 0 Å². The molecule has 3 atom stereocenters. The lowest BCUT2D eigenvalue weighted by Crippen LogP contribution is -2.48. The topological polar surface area (TPSA) is 60.1 Å². The second-order valence-corrected chi connectivity index (χ2v) is 15.2. The number of amides is 1. The third-order valence-electron chi connectivity index (χ3n) is 11.8. The Labute approximate surface area is 295 Å². The molecule has 4 heterocycles. The standard InChI is InChI=1S/C39H44F5N5O2/c40-27-2-4-31-26(17-37(50)46-28(23-47-11-13-51-14-12-47)15-25-1-5-33(41)34(42)16-25)20-38(32(31)18-27)7-9-48(10-8-38)29-3-6-35-36(19-29)49-24-39(43,44)21-30(49)22-45-35/h1-6,16,18-19,26,28,30,45H,7-15,17,20-24H2,(H,46,50)/t26-,28-,30+/m1/s1. The Hall–Kier alpha value is -3.90. The number of alkyl halides is 2. The van der Waals surface area contributed by atoms with Crippen LogP contribution in [-0.2, 0) is 21.4 Å². The van der Waals surface area contributed by atoms with E-state index in [2.05, 4.69) is 20.4 Å². The van der Waals surface area contributed by atoms with Gasteiger partial charge < -0.3 is 25.2 Å². The fourth-order valence-electron chi connectivity index (χ4n) is 9.30. The van der Waals surface area contributed by atoms with Crippen molar-refractivity contribution in [2.24, 2.45) is 0 Å². The van der Waals surface area contributed by atoms with Crippen molar-refractivity contribution >= 4 is 23.0 Å². The van der Waals surface area contributed by atoms with Crippen LogP contribution >= 0.6 is 0 Å². The number of benzene rings is 3. The number of ether oxygens (including phenoxy) is 1. The van der Waals surface area contributed by atoms with Gasteiger partial charge in [0.2, 0.25) is 5.91 Å². The SMILES string of the molecule is O=C(C[C@@H]1CC2(CCN(c3ccc4c(c3)N3CC(F)(F)C[C@H]3CN4)CC2)c2cc(F)ccc21)N[C@H](Cc1ccc(F)c(F)c1)CN1CCOCC1. The molecular weight excluding hydrogens is 665 g/mol. The first-order valence-electron chi connectivity index (χ1n) is 18.1. The number of nitrogens with zero attached hydrogens (tertiary/aromatic N) is 3. The first-order chi connectivity index (χ1) is 24.5.